The molecular weight excluding hydrogens is 324 g/mol. The minimum absolute atomic E-state index is 0. The van der Waals surface area contributed by atoms with Crippen molar-refractivity contribution in [3.63, 3.8) is 0 Å². The number of ether oxygens (including phenoxy) is 1. The molecule has 0 radical (unpaired) electrons. The summed E-state index contributed by atoms with van der Waals surface area (Å²) in [4.78, 5) is 14.6. The highest BCUT2D eigenvalue weighted by molar-refractivity contribution is 5.85. The van der Waals surface area contributed by atoms with E-state index in [1.165, 1.54) is 11.1 Å². The van der Waals surface area contributed by atoms with E-state index in [-0.39, 0.29) is 18.3 Å². The number of aryl methyl sites for hydroxylation is 1. The maximum atomic E-state index is 12.5. The summed E-state index contributed by atoms with van der Waals surface area (Å²) < 4.78 is 5.58. The van der Waals surface area contributed by atoms with Crippen LogP contribution in [0.2, 0.25) is 0 Å². The lowest BCUT2D eigenvalue weighted by atomic mass is 9.93. The lowest BCUT2D eigenvalue weighted by molar-refractivity contribution is -0.130. The molecule has 3 unspecified atom stereocenters. The number of carbonyl (C=O) groups is 1. The molecule has 2 saturated heterocycles. The van der Waals surface area contributed by atoms with Gasteiger partial charge in [0, 0.05) is 31.7 Å². The topological polar surface area (TPSA) is 41.6 Å². The normalized spacial score (nSPS) is 26.4. The van der Waals surface area contributed by atoms with Gasteiger partial charge in [-0.2, -0.15) is 0 Å². The van der Waals surface area contributed by atoms with E-state index in [1.54, 1.807) is 0 Å². The van der Waals surface area contributed by atoms with Crippen molar-refractivity contribution in [2.75, 3.05) is 26.2 Å². The maximum absolute atomic E-state index is 12.5. The van der Waals surface area contributed by atoms with Gasteiger partial charge in [-0.05, 0) is 44.2 Å². The Morgan fingerprint density at radius 3 is 2.88 bits per heavy atom. The van der Waals surface area contributed by atoms with E-state index in [0.717, 1.165) is 39.0 Å². The Bertz CT molecular complexity index is 546. The molecule has 3 rings (SSSR count). The standard InChI is InChI=1S/C19H28N2O2.ClH/c1-14-6-3-4-8-18(14)16-10-15(2)21(13-16)19(22)12-20-11-17-7-5-9-23-17;/h3-4,6,8,15-17,20H,5,7,9-13H2,1-2H3;1H. The maximum Gasteiger partial charge on any atom is 0.236 e. The third-order valence-corrected chi connectivity index (χ3v) is 5.20. The summed E-state index contributed by atoms with van der Waals surface area (Å²) in [6, 6.07) is 8.86. The largest absolute Gasteiger partial charge is 0.377 e. The molecule has 2 aliphatic heterocycles. The van der Waals surface area contributed by atoms with E-state index in [4.69, 9.17) is 4.74 Å². The van der Waals surface area contributed by atoms with Crippen LogP contribution in [-0.2, 0) is 9.53 Å². The highest BCUT2D eigenvalue weighted by atomic mass is 35.5. The summed E-state index contributed by atoms with van der Waals surface area (Å²) in [6.45, 7) is 7.23. The van der Waals surface area contributed by atoms with E-state index in [2.05, 4.69) is 43.4 Å². The lowest BCUT2D eigenvalue weighted by Crippen LogP contribution is -2.41. The van der Waals surface area contributed by atoms with Gasteiger partial charge in [-0.25, -0.2) is 0 Å². The molecular formula is C19H29ClN2O2. The molecule has 0 aromatic heterocycles. The predicted molar refractivity (Wildman–Crippen MR) is 98.8 cm³/mol. The summed E-state index contributed by atoms with van der Waals surface area (Å²) >= 11 is 0. The molecule has 0 spiro atoms. The van der Waals surface area contributed by atoms with Crippen molar-refractivity contribution in [1.29, 1.82) is 0 Å². The molecule has 134 valence electrons. The predicted octanol–water partition coefficient (Wildman–Crippen LogP) is 2.89. The zero-order valence-corrected chi connectivity index (χ0v) is 15.5. The summed E-state index contributed by atoms with van der Waals surface area (Å²) in [5.41, 5.74) is 2.72. The highest BCUT2D eigenvalue weighted by Gasteiger charge is 2.33. The van der Waals surface area contributed by atoms with Gasteiger partial charge in [-0.1, -0.05) is 24.3 Å². The number of hydrogen-bond donors (Lipinski definition) is 1. The fourth-order valence-electron chi connectivity index (χ4n) is 3.90. The molecule has 2 heterocycles. The van der Waals surface area contributed by atoms with Gasteiger partial charge >= 0.3 is 0 Å². The van der Waals surface area contributed by atoms with Gasteiger partial charge in [0.25, 0.3) is 0 Å². The molecule has 1 aromatic carbocycles. The monoisotopic (exact) mass is 352 g/mol. The number of hydrogen-bond acceptors (Lipinski definition) is 3. The Morgan fingerprint density at radius 2 is 2.17 bits per heavy atom. The van der Waals surface area contributed by atoms with Gasteiger partial charge in [0.2, 0.25) is 5.91 Å². The fourth-order valence-corrected chi connectivity index (χ4v) is 3.90. The Hall–Kier alpha value is -1.10. The number of nitrogens with one attached hydrogen (secondary N) is 1. The van der Waals surface area contributed by atoms with E-state index < -0.39 is 0 Å². The number of likely N-dealkylation sites (tertiary alicyclic amines) is 1. The molecule has 5 heteroatoms. The van der Waals surface area contributed by atoms with Crippen molar-refractivity contribution in [3.05, 3.63) is 35.4 Å². The first kappa shape index (κ1) is 19.2. The lowest BCUT2D eigenvalue weighted by Gasteiger charge is -2.22. The molecule has 0 aliphatic carbocycles. The van der Waals surface area contributed by atoms with Crippen molar-refractivity contribution in [3.8, 4) is 0 Å². The van der Waals surface area contributed by atoms with Crippen LogP contribution in [0.3, 0.4) is 0 Å². The number of benzene rings is 1. The van der Waals surface area contributed by atoms with Crippen LogP contribution >= 0.6 is 12.4 Å². The first-order chi connectivity index (χ1) is 11.1. The van der Waals surface area contributed by atoms with Crippen LogP contribution in [0.15, 0.2) is 24.3 Å². The van der Waals surface area contributed by atoms with Crippen molar-refractivity contribution in [1.82, 2.24) is 10.2 Å². The van der Waals surface area contributed by atoms with Crippen molar-refractivity contribution < 1.29 is 9.53 Å². The quantitative estimate of drug-likeness (QED) is 0.886. The minimum Gasteiger partial charge on any atom is -0.377 e. The van der Waals surface area contributed by atoms with E-state index >= 15 is 0 Å². The van der Waals surface area contributed by atoms with Crippen LogP contribution in [0.1, 0.15) is 43.2 Å². The van der Waals surface area contributed by atoms with Crippen LogP contribution in [0.4, 0.5) is 0 Å². The van der Waals surface area contributed by atoms with E-state index in [0.29, 0.717) is 24.6 Å². The average Bonchev–Trinajstić information content (AvgIpc) is 3.17. The Kier molecular flexibility index (Phi) is 7.08. The second kappa shape index (κ2) is 8.84. The van der Waals surface area contributed by atoms with E-state index in [1.807, 2.05) is 4.90 Å². The number of carbonyl (C=O) groups excluding carboxylic acids is 1. The van der Waals surface area contributed by atoms with Gasteiger partial charge < -0.3 is 15.0 Å². The summed E-state index contributed by atoms with van der Waals surface area (Å²) in [5.74, 6) is 0.680. The average molecular weight is 353 g/mol. The second-order valence-electron chi connectivity index (χ2n) is 6.95. The summed E-state index contributed by atoms with van der Waals surface area (Å²) in [7, 11) is 0. The third-order valence-electron chi connectivity index (χ3n) is 5.20. The van der Waals surface area contributed by atoms with E-state index in [9.17, 15) is 4.79 Å². The van der Waals surface area contributed by atoms with Crippen LogP contribution in [0, 0.1) is 6.92 Å². The zero-order valence-electron chi connectivity index (χ0n) is 14.7. The number of halogens is 1. The molecule has 3 atom stereocenters. The van der Waals surface area contributed by atoms with Crippen molar-refractivity contribution in [2.45, 2.75) is 51.2 Å². The van der Waals surface area contributed by atoms with Gasteiger partial charge in [0.15, 0.2) is 0 Å². The molecule has 0 bridgehead atoms. The smallest absolute Gasteiger partial charge is 0.236 e. The minimum atomic E-state index is 0. The molecule has 4 nitrogen and oxygen atoms in total. The highest BCUT2D eigenvalue weighted by Crippen LogP contribution is 2.33. The summed E-state index contributed by atoms with van der Waals surface area (Å²) in [5, 5.41) is 3.27. The van der Waals surface area contributed by atoms with Crippen molar-refractivity contribution in [2.24, 2.45) is 0 Å². The van der Waals surface area contributed by atoms with Crippen LogP contribution < -0.4 is 5.32 Å². The van der Waals surface area contributed by atoms with Gasteiger partial charge in [-0.3, -0.25) is 4.79 Å². The summed E-state index contributed by atoms with van der Waals surface area (Å²) in [6.07, 6.45) is 3.60. The molecule has 1 aromatic rings. The Morgan fingerprint density at radius 1 is 1.38 bits per heavy atom. The van der Waals surface area contributed by atoms with Gasteiger partial charge in [-0.15, -0.1) is 12.4 Å². The third kappa shape index (κ3) is 4.50. The van der Waals surface area contributed by atoms with Gasteiger partial charge in [0.05, 0.1) is 12.6 Å². The molecule has 24 heavy (non-hydrogen) atoms. The molecule has 0 saturated carbocycles. The fraction of sp³-hybridized carbons (Fsp3) is 0.632. The van der Waals surface area contributed by atoms with Crippen LogP contribution in [-0.4, -0.2) is 49.2 Å². The van der Waals surface area contributed by atoms with Crippen LogP contribution in [0.25, 0.3) is 0 Å². The Labute approximate surface area is 151 Å². The second-order valence-corrected chi connectivity index (χ2v) is 6.95. The number of amides is 1. The first-order valence-corrected chi connectivity index (χ1v) is 8.82. The number of nitrogens with zero attached hydrogens (tertiary/aromatic N) is 1. The zero-order chi connectivity index (χ0) is 16.2. The van der Waals surface area contributed by atoms with Gasteiger partial charge in [0.1, 0.15) is 0 Å². The first-order valence-electron chi connectivity index (χ1n) is 8.82. The molecule has 2 fully saturated rings. The number of rotatable bonds is 5. The van der Waals surface area contributed by atoms with Crippen LogP contribution in [0.5, 0.6) is 0 Å². The Balaban J connectivity index is 0.00000208. The molecule has 1 N–H and O–H groups in total. The van der Waals surface area contributed by atoms with Crippen molar-refractivity contribution >= 4 is 18.3 Å². The molecule has 2 aliphatic rings. The molecule has 1 amide bonds. The SMILES string of the molecule is Cc1ccccc1C1CC(C)N(C(=O)CNCC2CCCO2)C1.Cl.